The first-order chi connectivity index (χ1) is 14.9. The van der Waals surface area contributed by atoms with Crippen LogP contribution in [0.25, 0.3) is 21.3 Å². The van der Waals surface area contributed by atoms with E-state index in [1.165, 1.54) is 22.2 Å². The van der Waals surface area contributed by atoms with Crippen molar-refractivity contribution in [3.63, 3.8) is 0 Å². The van der Waals surface area contributed by atoms with Gasteiger partial charge in [-0.1, -0.05) is 29.8 Å². The van der Waals surface area contributed by atoms with Crippen LogP contribution < -0.4 is 16.4 Å². The number of fused-ring (bicyclic) bond motifs is 1. The van der Waals surface area contributed by atoms with Gasteiger partial charge in [0.05, 0.1) is 11.7 Å². The van der Waals surface area contributed by atoms with E-state index in [2.05, 4.69) is 25.8 Å². The minimum Gasteiger partial charge on any atom is -0.298 e. The first-order valence-electron chi connectivity index (χ1n) is 9.81. The fourth-order valence-electron chi connectivity index (χ4n) is 3.26. The lowest BCUT2D eigenvalue weighted by molar-refractivity contribution is -0.120. The van der Waals surface area contributed by atoms with Crippen LogP contribution in [0.1, 0.15) is 23.4 Å². The Bertz CT molecular complexity index is 1290. The Morgan fingerprint density at radius 1 is 1.10 bits per heavy atom. The van der Waals surface area contributed by atoms with Crippen LogP contribution in [0.3, 0.4) is 0 Å². The number of aryl methyl sites for hydroxylation is 4. The minimum absolute atomic E-state index is 0.106. The lowest BCUT2D eigenvalue weighted by atomic mass is 10.1. The van der Waals surface area contributed by atoms with Crippen molar-refractivity contribution in [3.05, 3.63) is 69.3 Å². The normalized spacial score (nSPS) is 10.9. The Morgan fingerprint density at radius 3 is 2.52 bits per heavy atom. The van der Waals surface area contributed by atoms with E-state index in [1.54, 1.807) is 0 Å². The molecule has 0 radical (unpaired) electrons. The van der Waals surface area contributed by atoms with Crippen molar-refractivity contribution in [2.75, 3.05) is 5.43 Å². The lowest BCUT2D eigenvalue weighted by Crippen LogP contribution is -2.32. The number of benzene rings is 1. The average Bonchev–Trinajstić information content (AvgIpc) is 3.16. The third kappa shape index (κ3) is 4.61. The summed E-state index contributed by atoms with van der Waals surface area (Å²) >= 11 is 1.44. The minimum atomic E-state index is -0.279. The molecule has 0 aliphatic carbocycles. The van der Waals surface area contributed by atoms with Crippen LogP contribution in [-0.4, -0.2) is 25.4 Å². The van der Waals surface area contributed by atoms with Crippen molar-refractivity contribution in [2.45, 2.75) is 33.7 Å². The molecule has 0 saturated heterocycles. The highest BCUT2D eigenvalue weighted by Gasteiger charge is 2.14. The highest BCUT2D eigenvalue weighted by atomic mass is 32.1. The van der Waals surface area contributed by atoms with E-state index in [9.17, 15) is 9.59 Å². The topological polar surface area (TPSA) is 102 Å². The molecule has 0 unspecified atom stereocenters. The molecule has 1 aromatic carbocycles. The molecule has 158 valence electrons. The number of hydrazine groups is 1. The van der Waals surface area contributed by atoms with E-state index >= 15 is 0 Å². The first-order valence-corrected chi connectivity index (χ1v) is 10.7. The summed E-state index contributed by atoms with van der Waals surface area (Å²) in [4.78, 5) is 38.8. The van der Waals surface area contributed by atoms with E-state index in [-0.39, 0.29) is 24.4 Å². The maximum absolute atomic E-state index is 13.1. The van der Waals surface area contributed by atoms with Crippen molar-refractivity contribution in [1.82, 2.24) is 24.9 Å². The number of carbonyl (C=O) groups excluding carboxylic acids is 1. The number of anilines is 1. The second-order valence-electron chi connectivity index (χ2n) is 7.34. The number of amides is 1. The van der Waals surface area contributed by atoms with Gasteiger partial charge in [-0.15, -0.1) is 11.3 Å². The summed E-state index contributed by atoms with van der Waals surface area (Å²) in [6, 6.07) is 9.89. The predicted molar refractivity (Wildman–Crippen MR) is 122 cm³/mol. The zero-order chi connectivity index (χ0) is 22.0. The number of rotatable bonds is 6. The molecule has 31 heavy (non-hydrogen) atoms. The molecule has 0 atom stereocenters. The maximum atomic E-state index is 13.1. The van der Waals surface area contributed by atoms with E-state index < -0.39 is 0 Å². The third-order valence-corrected chi connectivity index (χ3v) is 5.69. The molecule has 3 heterocycles. The van der Waals surface area contributed by atoms with Gasteiger partial charge in [-0.05, 0) is 32.4 Å². The van der Waals surface area contributed by atoms with Gasteiger partial charge in [0.1, 0.15) is 4.83 Å². The van der Waals surface area contributed by atoms with Crippen LogP contribution in [-0.2, 0) is 11.3 Å². The number of nitrogens with zero attached hydrogens (tertiary/aromatic N) is 4. The van der Waals surface area contributed by atoms with Gasteiger partial charge in [-0.25, -0.2) is 15.0 Å². The van der Waals surface area contributed by atoms with Crippen molar-refractivity contribution in [2.24, 2.45) is 0 Å². The van der Waals surface area contributed by atoms with Gasteiger partial charge < -0.3 is 0 Å². The van der Waals surface area contributed by atoms with Crippen LogP contribution in [0.15, 0.2) is 46.8 Å². The highest BCUT2D eigenvalue weighted by molar-refractivity contribution is 7.17. The fourth-order valence-corrected chi connectivity index (χ4v) is 4.17. The highest BCUT2D eigenvalue weighted by Crippen LogP contribution is 2.30. The van der Waals surface area contributed by atoms with Gasteiger partial charge in [0.25, 0.3) is 5.56 Å². The summed E-state index contributed by atoms with van der Waals surface area (Å²) < 4.78 is 1.47. The molecule has 9 heteroatoms. The van der Waals surface area contributed by atoms with Crippen LogP contribution in [0, 0.1) is 20.8 Å². The summed E-state index contributed by atoms with van der Waals surface area (Å²) in [5, 5.41) is 2.53. The molecule has 0 aliphatic heterocycles. The number of hydrogen-bond donors (Lipinski definition) is 2. The van der Waals surface area contributed by atoms with Crippen LogP contribution in [0.2, 0.25) is 0 Å². The van der Waals surface area contributed by atoms with Gasteiger partial charge in [0.2, 0.25) is 11.9 Å². The monoisotopic (exact) mass is 434 g/mol. The van der Waals surface area contributed by atoms with Crippen LogP contribution in [0.4, 0.5) is 5.95 Å². The number of nitrogens with one attached hydrogen (secondary N) is 2. The molecule has 0 saturated carbocycles. The smallest absolute Gasteiger partial charge is 0.262 e. The van der Waals surface area contributed by atoms with E-state index in [0.717, 1.165) is 28.1 Å². The molecule has 0 spiro atoms. The summed E-state index contributed by atoms with van der Waals surface area (Å²) in [7, 11) is 0. The van der Waals surface area contributed by atoms with Crippen LogP contribution >= 0.6 is 11.3 Å². The maximum Gasteiger partial charge on any atom is 0.262 e. The summed E-state index contributed by atoms with van der Waals surface area (Å²) in [5.41, 5.74) is 9.73. The van der Waals surface area contributed by atoms with Gasteiger partial charge >= 0.3 is 0 Å². The zero-order valence-corrected chi connectivity index (χ0v) is 18.3. The summed E-state index contributed by atoms with van der Waals surface area (Å²) in [6.45, 7) is 5.95. The van der Waals surface area contributed by atoms with Crippen molar-refractivity contribution < 1.29 is 4.79 Å². The molecule has 0 aliphatic rings. The van der Waals surface area contributed by atoms with Gasteiger partial charge in [-0.2, -0.15) is 0 Å². The van der Waals surface area contributed by atoms with Crippen molar-refractivity contribution >= 4 is 33.4 Å². The van der Waals surface area contributed by atoms with Gasteiger partial charge in [0, 0.05) is 35.3 Å². The van der Waals surface area contributed by atoms with Crippen molar-refractivity contribution in [3.8, 4) is 11.1 Å². The standard InChI is InChI=1S/C22H22N6O2S/c1-13-4-6-16(7-5-13)17-11-31-20-19(17)21(30)28(12-23-20)9-8-18(29)26-27-22-24-14(2)10-15(3)25-22/h4-7,10-12H,8-9H2,1-3H3,(H,26,29)(H,24,25,27). The quantitative estimate of drug-likeness (QED) is 0.451. The molecular weight excluding hydrogens is 412 g/mol. The third-order valence-electron chi connectivity index (χ3n) is 4.80. The summed E-state index contributed by atoms with van der Waals surface area (Å²) in [6.07, 6.45) is 1.60. The Balaban J connectivity index is 1.48. The SMILES string of the molecule is Cc1ccc(-c2csc3ncn(CCC(=O)NNc4nc(C)cc(C)n4)c(=O)c23)cc1. The van der Waals surface area contributed by atoms with E-state index in [1.807, 2.05) is 56.5 Å². The fraction of sp³-hybridized carbons (Fsp3) is 0.227. The molecule has 2 N–H and O–H groups in total. The molecule has 4 aromatic rings. The van der Waals surface area contributed by atoms with E-state index in [4.69, 9.17) is 0 Å². The van der Waals surface area contributed by atoms with Crippen molar-refractivity contribution in [1.29, 1.82) is 0 Å². The Hall–Kier alpha value is -3.59. The predicted octanol–water partition coefficient (Wildman–Crippen LogP) is 3.37. The largest absolute Gasteiger partial charge is 0.298 e. The van der Waals surface area contributed by atoms with Crippen LogP contribution in [0.5, 0.6) is 0 Å². The average molecular weight is 435 g/mol. The molecule has 4 rings (SSSR count). The zero-order valence-electron chi connectivity index (χ0n) is 17.5. The molecule has 1 amide bonds. The lowest BCUT2D eigenvalue weighted by Gasteiger charge is -2.09. The number of aromatic nitrogens is 4. The second-order valence-corrected chi connectivity index (χ2v) is 8.19. The first kappa shape index (κ1) is 20.7. The van der Waals surface area contributed by atoms with Gasteiger partial charge in [0.15, 0.2) is 0 Å². The molecular formula is C22H22N6O2S. The number of hydrogen-bond acceptors (Lipinski definition) is 7. The molecule has 0 fully saturated rings. The molecule has 8 nitrogen and oxygen atoms in total. The Labute approximate surface area is 183 Å². The number of thiophene rings is 1. The second kappa shape index (κ2) is 8.65. The molecule has 3 aromatic heterocycles. The van der Waals surface area contributed by atoms with Gasteiger partial charge in [-0.3, -0.25) is 25.0 Å². The Kier molecular flexibility index (Phi) is 5.77. The molecule has 0 bridgehead atoms. The number of carbonyl (C=O) groups is 1. The van der Waals surface area contributed by atoms with E-state index in [0.29, 0.717) is 16.2 Å². The Morgan fingerprint density at radius 2 is 1.81 bits per heavy atom. The summed E-state index contributed by atoms with van der Waals surface area (Å²) in [5.74, 6) is 0.0472.